The number of hydrogen-bond donors (Lipinski definition) is 2. The van der Waals surface area contributed by atoms with Crippen LogP contribution in [0.4, 0.5) is 0 Å². The van der Waals surface area contributed by atoms with E-state index in [1.54, 1.807) is 28.7 Å². The molecule has 1 aromatic carbocycles. The van der Waals surface area contributed by atoms with Gasteiger partial charge >= 0.3 is 11.9 Å². The van der Waals surface area contributed by atoms with Crippen molar-refractivity contribution >= 4 is 33.5 Å². The monoisotopic (exact) mass is 346 g/mol. The summed E-state index contributed by atoms with van der Waals surface area (Å²) in [7, 11) is 4.98. The molecule has 0 amide bonds. The molecule has 8 heteroatoms. The lowest BCUT2D eigenvalue weighted by atomic mass is 10.2. The second-order valence-electron chi connectivity index (χ2n) is 4.20. The van der Waals surface area contributed by atoms with Crippen molar-refractivity contribution in [2.45, 2.75) is 12.8 Å². The molecule has 0 aliphatic rings. The molecule has 6 nitrogen and oxygen atoms in total. The third-order valence-electron chi connectivity index (χ3n) is 2.48. The molecule has 0 saturated carbocycles. The molecule has 0 bridgehead atoms. The van der Waals surface area contributed by atoms with E-state index in [0.717, 1.165) is 17.6 Å². The third-order valence-corrected chi connectivity index (χ3v) is 4.94. The Hall–Kier alpha value is -1.38. The number of aromatic carboxylic acids is 1. The maximum atomic E-state index is 11.7. The topological polar surface area (TPSA) is 93.1 Å². The van der Waals surface area contributed by atoms with Gasteiger partial charge in [-0.05, 0) is 24.6 Å². The van der Waals surface area contributed by atoms with Crippen molar-refractivity contribution < 1.29 is 29.3 Å². The molecule has 0 spiro atoms. The summed E-state index contributed by atoms with van der Waals surface area (Å²) in [5.41, 5.74) is -0.238. The Kier molecular flexibility index (Phi) is 8.79. The molecule has 0 aromatic heterocycles. The third kappa shape index (κ3) is 7.06. The minimum atomic E-state index is -1.26. The molecule has 0 radical (unpaired) electrons. The van der Waals surface area contributed by atoms with E-state index in [9.17, 15) is 14.7 Å². The number of ether oxygens (including phenoxy) is 2. The van der Waals surface area contributed by atoms with E-state index in [1.807, 2.05) is 0 Å². The fraction of sp³-hybridized carbons (Fsp3) is 0.429. The number of esters is 1. The number of carbonyl (C=O) groups excluding carboxylic acids is 1. The fourth-order valence-electron chi connectivity index (χ4n) is 1.46. The molecule has 0 unspecified atom stereocenters. The quantitative estimate of drug-likeness (QED) is 0.289. The van der Waals surface area contributed by atoms with Crippen molar-refractivity contribution in [2.24, 2.45) is 0 Å². The van der Waals surface area contributed by atoms with E-state index in [1.165, 1.54) is 12.1 Å². The molecule has 0 fully saturated rings. The first-order valence-electron chi connectivity index (χ1n) is 6.55. The molecule has 2 N–H and O–H groups in total. The molecule has 0 heterocycles. The van der Waals surface area contributed by atoms with Gasteiger partial charge in [-0.1, -0.05) is 21.6 Å². The zero-order valence-corrected chi connectivity index (χ0v) is 13.7. The molecular weight excluding hydrogens is 328 g/mol. The van der Waals surface area contributed by atoms with Crippen molar-refractivity contribution in [1.82, 2.24) is 0 Å². The van der Waals surface area contributed by atoms with Crippen LogP contribution in [-0.4, -0.2) is 47.4 Å². The summed E-state index contributed by atoms with van der Waals surface area (Å²) in [5.74, 6) is -0.315. The molecule has 0 atom stereocenters. The highest BCUT2D eigenvalue weighted by atomic mass is 33.1. The summed E-state index contributed by atoms with van der Waals surface area (Å²) < 4.78 is 9.96. The van der Waals surface area contributed by atoms with Crippen LogP contribution in [0.15, 0.2) is 18.2 Å². The largest absolute Gasteiger partial charge is 0.508 e. The van der Waals surface area contributed by atoms with E-state index in [0.29, 0.717) is 13.0 Å². The zero-order chi connectivity index (χ0) is 16.4. The summed E-state index contributed by atoms with van der Waals surface area (Å²) in [4.78, 5) is 22.7. The maximum absolute atomic E-state index is 11.7. The number of carbonyl (C=O) groups is 2. The molecule has 0 saturated heterocycles. The molecule has 0 aliphatic carbocycles. The molecule has 0 aliphatic heterocycles. The number of carboxylic acid groups (broad SMARTS) is 1. The molecule has 1 rings (SSSR count). The Morgan fingerprint density at radius 1 is 1.23 bits per heavy atom. The van der Waals surface area contributed by atoms with Crippen LogP contribution in [0.25, 0.3) is 0 Å². The highest BCUT2D eigenvalue weighted by Crippen LogP contribution is 2.25. The first kappa shape index (κ1) is 18.7. The number of benzene rings is 1. The number of phenols is 1. The summed E-state index contributed by atoms with van der Waals surface area (Å²) >= 11 is 0. The van der Waals surface area contributed by atoms with Gasteiger partial charge in [-0.2, -0.15) is 0 Å². The van der Waals surface area contributed by atoms with Crippen molar-refractivity contribution in [3.05, 3.63) is 23.8 Å². The van der Waals surface area contributed by atoms with Crippen LogP contribution in [0.1, 0.15) is 23.2 Å². The van der Waals surface area contributed by atoms with Gasteiger partial charge in [0.2, 0.25) is 0 Å². The van der Waals surface area contributed by atoms with Gasteiger partial charge in [-0.3, -0.25) is 4.79 Å². The Bertz CT molecular complexity index is 506. The minimum absolute atomic E-state index is 0.0579. The van der Waals surface area contributed by atoms with Crippen molar-refractivity contribution in [3.63, 3.8) is 0 Å². The van der Waals surface area contributed by atoms with E-state index < -0.39 is 11.9 Å². The van der Waals surface area contributed by atoms with Crippen LogP contribution in [-0.2, 0) is 9.53 Å². The van der Waals surface area contributed by atoms with Crippen LogP contribution >= 0.6 is 21.6 Å². The number of phenolic OH excluding ortho intramolecular Hbond substituents is 1. The summed E-state index contributed by atoms with van der Waals surface area (Å²) in [6.07, 6.45) is 0.849. The predicted octanol–water partition coefficient (Wildman–Crippen LogP) is 2.80. The van der Waals surface area contributed by atoms with Gasteiger partial charge in [-0.25, -0.2) is 4.79 Å². The van der Waals surface area contributed by atoms with E-state index in [2.05, 4.69) is 0 Å². The van der Waals surface area contributed by atoms with Crippen molar-refractivity contribution in [3.8, 4) is 11.5 Å². The number of hydrogen-bond acceptors (Lipinski definition) is 7. The molecule has 1 aromatic rings. The normalized spacial score (nSPS) is 10.4. The number of carboxylic acids is 1. The Morgan fingerprint density at radius 2 is 1.95 bits per heavy atom. The van der Waals surface area contributed by atoms with Crippen LogP contribution < -0.4 is 4.74 Å². The average molecular weight is 346 g/mol. The van der Waals surface area contributed by atoms with E-state index >= 15 is 0 Å². The predicted molar refractivity (Wildman–Crippen MR) is 86.7 cm³/mol. The van der Waals surface area contributed by atoms with Gasteiger partial charge in [0, 0.05) is 25.0 Å². The number of methoxy groups -OCH3 is 1. The highest BCUT2D eigenvalue weighted by Gasteiger charge is 2.15. The maximum Gasteiger partial charge on any atom is 0.339 e. The zero-order valence-electron chi connectivity index (χ0n) is 12.1. The van der Waals surface area contributed by atoms with Gasteiger partial charge in [0.05, 0.1) is 6.61 Å². The second-order valence-corrected chi connectivity index (χ2v) is 6.90. The van der Waals surface area contributed by atoms with Crippen molar-refractivity contribution in [1.29, 1.82) is 0 Å². The summed E-state index contributed by atoms with van der Waals surface area (Å²) in [6.45, 7) is 0.693. The van der Waals surface area contributed by atoms with Crippen LogP contribution in [0, 0.1) is 0 Å². The van der Waals surface area contributed by atoms with Gasteiger partial charge in [0.15, 0.2) is 0 Å². The first-order chi connectivity index (χ1) is 10.5. The molecule has 122 valence electrons. The lowest BCUT2D eigenvalue weighted by Crippen LogP contribution is -2.11. The van der Waals surface area contributed by atoms with Gasteiger partial charge < -0.3 is 19.7 Å². The average Bonchev–Trinajstić information content (AvgIpc) is 2.48. The Balaban J connectivity index is 2.35. The van der Waals surface area contributed by atoms with Crippen LogP contribution in [0.3, 0.4) is 0 Å². The highest BCUT2D eigenvalue weighted by molar-refractivity contribution is 8.76. The minimum Gasteiger partial charge on any atom is -0.508 e. The number of aromatic hydroxyl groups is 1. The lowest BCUT2D eigenvalue weighted by Gasteiger charge is -2.07. The van der Waals surface area contributed by atoms with E-state index in [-0.39, 0.29) is 23.5 Å². The summed E-state index contributed by atoms with van der Waals surface area (Å²) in [6, 6.07) is 3.59. The van der Waals surface area contributed by atoms with Gasteiger partial charge in [0.25, 0.3) is 0 Å². The Labute approximate surface area is 136 Å². The lowest BCUT2D eigenvalue weighted by molar-refractivity contribution is -0.134. The molecule has 22 heavy (non-hydrogen) atoms. The first-order valence-corrected chi connectivity index (χ1v) is 9.03. The Morgan fingerprint density at radius 3 is 2.64 bits per heavy atom. The van der Waals surface area contributed by atoms with Crippen LogP contribution in [0.5, 0.6) is 11.5 Å². The van der Waals surface area contributed by atoms with Crippen LogP contribution in [0.2, 0.25) is 0 Å². The smallest absolute Gasteiger partial charge is 0.339 e. The SMILES string of the molecule is COCCSSCCCC(=O)Oc1ccc(O)cc1C(=O)O. The van der Waals surface area contributed by atoms with Gasteiger partial charge in [0.1, 0.15) is 17.1 Å². The van der Waals surface area contributed by atoms with Crippen molar-refractivity contribution in [2.75, 3.05) is 25.2 Å². The number of rotatable bonds is 10. The standard InChI is InChI=1S/C14H18O6S2/c1-19-6-8-22-21-7-2-3-13(16)20-12-5-4-10(15)9-11(12)14(17)18/h4-5,9,15H,2-3,6-8H2,1H3,(H,17,18). The second kappa shape index (κ2) is 10.4. The summed E-state index contributed by atoms with van der Waals surface area (Å²) in [5, 5.41) is 18.3. The van der Waals surface area contributed by atoms with E-state index in [4.69, 9.17) is 14.6 Å². The van der Waals surface area contributed by atoms with Gasteiger partial charge in [-0.15, -0.1) is 0 Å². The fourth-order valence-corrected chi connectivity index (χ4v) is 3.46. The molecular formula is C14H18O6S2.